The fourth-order valence-corrected chi connectivity index (χ4v) is 2.91. The maximum Gasteiger partial charge on any atom is 0.409 e. The van der Waals surface area contributed by atoms with Crippen LogP contribution in [0.1, 0.15) is 26.2 Å². The second-order valence-electron chi connectivity index (χ2n) is 6.20. The Kier molecular flexibility index (Phi) is 6.84. The SMILES string of the molecule is CCOC(=O)N1CCC(NC(=O)C2CC2C(=O)NCCOC)CC1. The number of carbonyl (C=O) groups is 3. The molecule has 2 unspecified atom stereocenters. The summed E-state index contributed by atoms with van der Waals surface area (Å²) < 4.78 is 9.85. The van der Waals surface area contributed by atoms with Gasteiger partial charge in [-0.2, -0.15) is 0 Å². The van der Waals surface area contributed by atoms with Gasteiger partial charge in [0.25, 0.3) is 0 Å². The number of amides is 3. The van der Waals surface area contributed by atoms with Gasteiger partial charge in [-0.1, -0.05) is 0 Å². The minimum absolute atomic E-state index is 0.0565. The van der Waals surface area contributed by atoms with Crippen molar-refractivity contribution >= 4 is 17.9 Å². The highest BCUT2D eigenvalue weighted by molar-refractivity contribution is 5.92. The van der Waals surface area contributed by atoms with Crippen LogP contribution in [0.15, 0.2) is 0 Å². The molecule has 2 atom stereocenters. The summed E-state index contributed by atoms with van der Waals surface area (Å²) in [4.78, 5) is 37.4. The number of rotatable bonds is 7. The number of methoxy groups -OCH3 is 1. The molecule has 0 aromatic rings. The number of nitrogens with one attached hydrogen (secondary N) is 2. The van der Waals surface area contributed by atoms with Crippen molar-refractivity contribution in [3.05, 3.63) is 0 Å². The van der Waals surface area contributed by atoms with Crippen molar-refractivity contribution < 1.29 is 23.9 Å². The lowest BCUT2D eigenvalue weighted by molar-refractivity contribution is -0.127. The molecule has 8 nitrogen and oxygen atoms in total. The average Bonchev–Trinajstić information content (AvgIpc) is 3.37. The molecule has 8 heteroatoms. The Bertz CT molecular complexity index is 463. The van der Waals surface area contributed by atoms with Gasteiger partial charge in [0.2, 0.25) is 11.8 Å². The second-order valence-corrected chi connectivity index (χ2v) is 6.20. The number of hydrogen-bond donors (Lipinski definition) is 2. The van der Waals surface area contributed by atoms with Crippen LogP contribution in [0, 0.1) is 11.8 Å². The molecule has 136 valence electrons. The Morgan fingerprint density at radius 1 is 1.12 bits per heavy atom. The molecule has 1 heterocycles. The Morgan fingerprint density at radius 3 is 2.42 bits per heavy atom. The summed E-state index contributed by atoms with van der Waals surface area (Å²) in [6.45, 7) is 4.24. The van der Waals surface area contributed by atoms with Gasteiger partial charge in [0, 0.05) is 32.8 Å². The van der Waals surface area contributed by atoms with E-state index in [1.165, 1.54) is 0 Å². The summed E-state index contributed by atoms with van der Waals surface area (Å²) in [5, 5.41) is 5.76. The largest absolute Gasteiger partial charge is 0.450 e. The van der Waals surface area contributed by atoms with Crippen LogP contribution in [0.2, 0.25) is 0 Å². The molecule has 0 radical (unpaired) electrons. The van der Waals surface area contributed by atoms with Gasteiger partial charge < -0.3 is 25.0 Å². The van der Waals surface area contributed by atoms with Crippen LogP contribution in [0.4, 0.5) is 4.79 Å². The molecule has 1 saturated heterocycles. The second kappa shape index (κ2) is 8.86. The first-order valence-electron chi connectivity index (χ1n) is 8.55. The van der Waals surface area contributed by atoms with E-state index in [9.17, 15) is 14.4 Å². The van der Waals surface area contributed by atoms with E-state index in [4.69, 9.17) is 9.47 Å². The quantitative estimate of drug-likeness (QED) is 0.641. The number of ether oxygens (including phenoxy) is 2. The first-order valence-corrected chi connectivity index (χ1v) is 8.55. The van der Waals surface area contributed by atoms with Gasteiger partial charge >= 0.3 is 6.09 Å². The summed E-state index contributed by atoms with van der Waals surface area (Å²) in [5.74, 6) is -0.585. The van der Waals surface area contributed by atoms with Crippen molar-refractivity contribution in [3.63, 3.8) is 0 Å². The lowest BCUT2D eigenvalue weighted by Gasteiger charge is -2.31. The molecule has 2 fully saturated rings. The van der Waals surface area contributed by atoms with Crippen LogP contribution in [0.5, 0.6) is 0 Å². The maximum absolute atomic E-state index is 12.2. The van der Waals surface area contributed by atoms with Crippen molar-refractivity contribution in [2.24, 2.45) is 11.8 Å². The van der Waals surface area contributed by atoms with Crippen molar-refractivity contribution in [1.82, 2.24) is 15.5 Å². The predicted octanol–water partition coefficient (Wildman–Crippen LogP) is 0.122. The first-order chi connectivity index (χ1) is 11.6. The van der Waals surface area contributed by atoms with E-state index in [1.807, 2.05) is 0 Å². The molecule has 2 N–H and O–H groups in total. The van der Waals surface area contributed by atoms with E-state index < -0.39 is 0 Å². The van der Waals surface area contributed by atoms with Crippen LogP contribution in [-0.2, 0) is 19.1 Å². The molecule has 24 heavy (non-hydrogen) atoms. The van der Waals surface area contributed by atoms with Gasteiger partial charge in [-0.25, -0.2) is 4.79 Å². The van der Waals surface area contributed by atoms with Gasteiger partial charge in [0.1, 0.15) is 0 Å². The third kappa shape index (κ3) is 5.09. The topological polar surface area (TPSA) is 97.0 Å². The van der Waals surface area contributed by atoms with E-state index in [0.29, 0.717) is 52.1 Å². The highest BCUT2D eigenvalue weighted by Crippen LogP contribution is 2.39. The Hall–Kier alpha value is -1.83. The molecule has 0 aromatic carbocycles. The number of carbonyl (C=O) groups excluding carboxylic acids is 3. The summed E-state index contributed by atoms with van der Waals surface area (Å²) in [5.41, 5.74) is 0. The maximum atomic E-state index is 12.2. The molecule has 2 aliphatic rings. The zero-order chi connectivity index (χ0) is 17.5. The number of nitrogens with zero attached hydrogens (tertiary/aromatic N) is 1. The number of piperidine rings is 1. The molecule has 1 aliphatic carbocycles. The lowest BCUT2D eigenvalue weighted by atomic mass is 10.1. The first kappa shape index (κ1) is 18.5. The average molecular weight is 341 g/mol. The number of hydrogen-bond acceptors (Lipinski definition) is 5. The molecular weight excluding hydrogens is 314 g/mol. The standard InChI is InChI=1S/C16H27N3O5/c1-3-24-16(22)19-7-4-11(5-8-19)18-15(21)13-10-12(13)14(20)17-6-9-23-2/h11-13H,3-10H2,1-2H3,(H,17,20)(H,18,21). The van der Waals surface area contributed by atoms with Crippen LogP contribution in [-0.4, -0.2) is 68.8 Å². The summed E-state index contributed by atoms with van der Waals surface area (Å²) in [6.07, 6.45) is 1.73. The monoisotopic (exact) mass is 341 g/mol. The Morgan fingerprint density at radius 2 is 1.79 bits per heavy atom. The highest BCUT2D eigenvalue weighted by atomic mass is 16.6. The molecule has 1 saturated carbocycles. The minimum Gasteiger partial charge on any atom is -0.450 e. The van der Waals surface area contributed by atoms with Gasteiger partial charge in [-0.15, -0.1) is 0 Å². The third-order valence-electron chi connectivity index (χ3n) is 4.44. The molecular formula is C16H27N3O5. The van der Waals surface area contributed by atoms with E-state index in [1.54, 1.807) is 18.9 Å². The zero-order valence-corrected chi connectivity index (χ0v) is 14.4. The molecule has 0 aromatic heterocycles. The molecule has 3 amide bonds. The molecule has 2 rings (SSSR count). The van der Waals surface area contributed by atoms with Gasteiger partial charge in [-0.3, -0.25) is 9.59 Å². The van der Waals surface area contributed by atoms with Gasteiger partial charge in [-0.05, 0) is 26.2 Å². The van der Waals surface area contributed by atoms with Crippen LogP contribution < -0.4 is 10.6 Å². The summed E-state index contributed by atoms with van der Waals surface area (Å²) in [7, 11) is 1.58. The highest BCUT2D eigenvalue weighted by Gasteiger charge is 2.48. The van der Waals surface area contributed by atoms with Crippen molar-refractivity contribution in [3.8, 4) is 0 Å². The van der Waals surface area contributed by atoms with E-state index in [0.717, 1.165) is 0 Å². The smallest absolute Gasteiger partial charge is 0.409 e. The van der Waals surface area contributed by atoms with Crippen molar-refractivity contribution in [2.75, 3.05) is 40.0 Å². The summed E-state index contributed by atoms with van der Waals surface area (Å²) >= 11 is 0. The zero-order valence-electron chi connectivity index (χ0n) is 14.4. The van der Waals surface area contributed by atoms with Crippen LogP contribution >= 0.6 is 0 Å². The normalized spacial score (nSPS) is 23.5. The minimum atomic E-state index is -0.294. The molecule has 0 bridgehead atoms. The predicted molar refractivity (Wildman–Crippen MR) is 86.2 cm³/mol. The summed E-state index contributed by atoms with van der Waals surface area (Å²) in [6, 6.07) is 0.0565. The van der Waals surface area contributed by atoms with E-state index >= 15 is 0 Å². The molecule has 0 spiro atoms. The molecule has 1 aliphatic heterocycles. The van der Waals surface area contributed by atoms with Crippen LogP contribution in [0.3, 0.4) is 0 Å². The Labute approximate surface area is 142 Å². The lowest BCUT2D eigenvalue weighted by Crippen LogP contribution is -2.47. The fourth-order valence-electron chi connectivity index (χ4n) is 2.91. The van der Waals surface area contributed by atoms with Crippen molar-refractivity contribution in [1.29, 1.82) is 0 Å². The van der Waals surface area contributed by atoms with E-state index in [2.05, 4.69) is 10.6 Å². The fraction of sp³-hybridized carbons (Fsp3) is 0.812. The van der Waals surface area contributed by atoms with E-state index in [-0.39, 0.29) is 35.8 Å². The Balaban J connectivity index is 1.66. The van der Waals surface area contributed by atoms with Gasteiger partial charge in [0.15, 0.2) is 0 Å². The number of likely N-dealkylation sites (tertiary alicyclic amines) is 1. The van der Waals surface area contributed by atoms with Crippen LogP contribution in [0.25, 0.3) is 0 Å². The van der Waals surface area contributed by atoms with Crippen molar-refractivity contribution in [2.45, 2.75) is 32.2 Å². The van der Waals surface area contributed by atoms with Gasteiger partial charge in [0.05, 0.1) is 25.0 Å². The third-order valence-corrected chi connectivity index (χ3v) is 4.44.